The van der Waals surface area contributed by atoms with Gasteiger partial charge in [0.15, 0.2) is 0 Å². The van der Waals surface area contributed by atoms with Gasteiger partial charge in [0.05, 0.1) is 24.0 Å². The molecule has 0 spiro atoms. The van der Waals surface area contributed by atoms with E-state index in [-0.39, 0.29) is 18.3 Å². The molecule has 0 bridgehead atoms. The summed E-state index contributed by atoms with van der Waals surface area (Å²) in [6.07, 6.45) is 4.81. The number of hydrogen-bond acceptors (Lipinski definition) is 3. The topological polar surface area (TPSA) is 59.0 Å². The number of aromatic nitrogens is 2. The molecule has 1 unspecified atom stereocenters. The van der Waals surface area contributed by atoms with Crippen molar-refractivity contribution in [2.24, 2.45) is 0 Å². The van der Waals surface area contributed by atoms with Gasteiger partial charge in [0.2, 0.25) is 0 Å². The number of carbonyl (C=O) groups excluding carboxylic acids is 1. The first-order valence-corrected chi connectivity index (χ1v) is 8.38. The van der Waals surface area contributed by atoms with Gasteiger partial charge < -0.3 is 10.6 Å². The Morgan fingerprint density at radius 3 is 2.83 bits per heavy atom. The third-order valence-corrected chi connectivity index (χ3v) is 4.37. The van der Waals surface area contributed by atoms with Crippen LogP contribution >= 0.6 is 12.4 Å². The fourth-order valence-corrected chi connectivity index (χ4v) is 3.11. The standard InChI is InChI=1S/C18H24N4O.ClH/c1-2-17-16(18(23)20-11-15-9-6-10-19-15)12-21-22(17)13-14-7-4-3-5-8-14;/h3-5,7-8,12,15,19H,2,6,9-11,13H2,1H3,(H,20,23);1H. The van der Waals surface area contributed by atoms with Crippen LogP contribution in [0.15, 0.2) is 36.5 Å². The summed E-state index contributed by atoms with van der Waals surface area (Å²) in [6, 6.07) is 10.6. The lowest BCUT2D eigenvalue weighted by molar-refractivity contribution is 0.0949. The van der Waals surface area contributed by atoms with Gasteiger partial charge in [-0.3, -0.25) is 9.48 Å². The molecule has 0 aliphatic carbocycles. The van der Waals surface area contributed by atoms with Gasteiger partial charge in [-0.25, -0.2) is 0 Å². The molecule has 130 valence electrons. The van der Waals surface area contributed by atoms with E-state index in [1.54, 1.807) is 6.20 Å². The molecule has 1 fully saturated rings. The second-order valence-corrected chi connectivity index (χ2v) is 6.01. The van der Waals surface area contributed by atoms with Gasteiger partial charge in [0.25, 0.3) is 5.91 Å². The molecule has 1 atom stereocenters. The van der Waals surface area contributed by atoms with Crippen LogP contribution in [0.2, 0.25) is 0 Å². The van der Waals surface area contributed by atoms with Gasteiger partial charge in [-0.2, -0.15) is 5.10 Å². The van der Waals surface area contributed by atoms with E-state index in [1.165, 1.54) is 12.0 Å². The van der Waals surface area contributed by atoms with Crippen molar-refractivity contribution >= 4 is 18.3 Å². The van der Waals surface area contributed by atoms with E-state index in [0.717, 1.165) is 25.1 Å². The summed E-state index contributed by atoms with van der Waals surface area (Å²) in [6.45, 7) is 4.50. The molecule has 1 aromatic carbocycles. The van der Waals surface area contributed by atoms with Crippen molar-refractivity contribution in [3.05, 3.63) is 53.3 Å². The zero-order chi connectivity index (χ0) is 16.1. The molecule has 1 amide bonds. The largest absolute Gasteiger partial charge is 0.350 e. The van der Waals surface area contributed by atoms with Gasteiger partial charge in [-0.05, 0) is 31.4 Å². The number of benzene rings is 1. The lowest BCUT2D eigenvalue weighted by Gasteiger charge is -2.12. The van der Waals surface area contributed by atoms with Crippen LogP contribution in [0.25, 0.3) is 0 Å². The van der Waals surface area contributed by atoms with Crippen LogP contribution in [0, 0.1) is 0 Å². The first-order chi connectivity index (χ1) is 11.3. The Hall–Kier alpha value is -1.85. The fourth-order valence-electron chi connectivity index (χ4n) is 3.11. The highest BCUT2D eigenvalue weighted by Gasteiger charge is 2.19. The molecule has 0 radical (unpaired) electrons. The quantitative estimate of drug-likeness (QED) is 0.842. The first kappa shape index (κ1) is 18.5. The number of amides is 1. The first-order valence-electron chi connectivity index (χ1n) is 8.38. The van der Waals surface area contributed by atoms with Crippen LogP contribution in [-0.2, 0) is 13.0 Å². The van der Waals surface area contributed by atoms with Gasteiger partial charge in [0.1, 0.15) is 0 Å². The highest BCUT2D eigenvalue weighted by Crippen LogP contribution is 2.13. The summed E-state index contributed by atoms with van der Waals surface area (Å²) in [5.74, 6) is -0.0186. The molecule has 5 nitrogen and oxygen atoms in total. The zero-order valence-corrected chi connectivity index (χ0v) is 14.8. The van der Waals surface area contributed by atoms with E-state index in [4.69, 9.17) is 0 Å². The average molecular weight is 349 g/mol. The third kappa shape index (κ3) is 4.36. The van der Waals surface area contributed by atoms with Gasteiger partial charge >= 0.3 is 0 Å². The van der Waals surface area contributed by atoms with E-state index < -0.39 is 0 Å². The van der Waals surface area contributed by atoms with Crippen LogP contribution in [0.4, 0.5) is 0 Å². The summed E-state index contributed by atoms with van der Waals surface area (Å²) in [4.78, 5) is 12.5. The molecule has 1 saturated heterocycles. The molecule has 2 heterocycles. The smallest absolute Gasteiger partial charge is 0.254 e. The maximum Gasteiger partial charge on any atom is 0.254 e. The normalized spacial score (nSPS) is 16.6. The predicted octanol–water partition coefficient (Wildman–Crippen LogP) is 2.40. The number of rotatable bonds is 6. The maximum atomic E-state index is 12.5. The SMILES string of the molecule is CCc1c(C(=O)NCC2CCCN2)cnn1Cc1ccccc1.Cl. The molecule has 0 saturated carbocycles. The van der Waals surface area contributed by atoms with E-state index in [9.17, 15) is 4.79 Å². The van der Waals surface area contributed by atoms with Crippen LogP contribution < -0.4 is 10.6 Å². The molecule has 1 aliphatic heterocycles. The van der Waals surface area contributed by atoms with Crippen molar-refractivity contribution < 1.29 is 4.79 Å². The summed E-state index contributed by atoms with van der Waals surface area (Å²) in [7, 11) is 0. The summed E-state index contributed by atoms with van der Waals surface area (Å²) < 4.78 is 1.93. The Bertz CT molecular complexity index is 650. The second-order valence-electron chi connectivity index (χ2n) is 6.01. The molecular weight excluding hydrogens is 324 g/mol. The highest BCUT2D eigenvalue weighted by atomic mass is 35.5. The average Bonchev–Trinajstić information content (AvgIpc) is 3.23. The van der Waals surface area contributed by atoms with E-state index >= 15 is 0 Å². The number of nitrogens with one attached hydrogen (secondary N) is 2. The zero-order valence-electron chi connectivity index (χ0n) is 14.0. The highest BCUT2D eigenvalue weighted by molar-refractivity contribution is 5.95. The Kier molecular flexibility index (Phi) is 6.82. The maximum absolute atomic E-state index is 12.5. The number of halogens is 1. The van der Waals surface area contributed by atoms with Crippen molar-refractivity contribution in [3.63, 3.8) is 0 Å². The number of nitrogens with zero attached hydrogens (tertiary/aromatic N) is 2. The Balaban J connectivity index is 0.00000208. The molecule has 2 aromatic rings. The number of carbonyl (C=O) groups is 1. The molecular formula is C18H25ClN4O. The fraction of sp³-hybridized carbons (Fsp3) is 0.444. The van der Waals surface area contributed by atoms with E-state index in [1.807, 2.05) is 22.9 Å². The predicted molar refractivity (Wildman–Crippen MR) is 97.8 cm³/mol. The summed E-state index contributed by atoms with van der Waals surface area (Å²) in [5.41, 5.74) is 2.87. The lowest BCUT2D eigenvalue weighted by Crippen LogP contribution is -2.37. The monoisotopic (exact) mass is 348 g/mol. The summed E-state index contributed by atoms with van der Waals surface area (Å²) in [5, 5.41) is 10.9. The Morgan fingerprint density at radius 2 is 2.17 bits per heavy atom. The van der Waals surface area contributed by atoms with Crippen LogP contribution in [0.1, 0.15) is 41.4 Å². The molecule has 3 rings (SSSR count). The summed E-state index contributed by atoms with van der Waals surface area (Å²) >= 11 is 0. The van der Waals surface area contributed by atoms with Gasteiger partial charge in [0, 0.05) is 12.6 Å². The van der Waals surface area contributed by atoms with Crippen molar-refractivity contribution in [1.29, 1.82) is 0 Å². The lowest BCUT2D eigenvalue weighted by atomic mass is 10.1. The minimum Gasteiger partial charge on any atom is -0.350 e. The Labute approximate surface area is 149 Å². The second kappa shape index (κ2) is 8.85. The van der Waals surface area contributed by atoms with Gasteiger partial charge in [-0.1, -0.05) is 37.3 Å². The van der Waals surface area contributed by atoms with E-state index in [2.05, 4.69) is 34.8 Å². The third-order valence-electron chi connectivity index (χ3n) is 4.37. The van der Waals surface area contributed by atoms with E-state index in [0.29, 0.717) is 24.7 Å². The van der Waals surface area contributed by atoms with Gasteiger partial charge in [-0.15, -0.1) is 12.4 Å². The molecule has 24 heavy (non-hydrogen) atoms. The molecule has 2 N–H and O–H groups in total. The van der Waals surface area contributed by atoms with Crippen LogP contribution in [0.3, 0.4) is 0 Å². The van der Waals surface area contributed by atoms with Crippen LogP contribution in [-0.4, -0.2) is 34.8 Å². The van der Waals surface area contributed by atoms with Crippen molar-refractivity contribution in [2.45, 2.75) is 38.8 Å². The Morgan fingerprint density at radius 1 is 1.38 bits per heavy atom. The minimum absolute atomic E-state index is 0. The minimum atomic E-state index is -0.0186. The van der Waals surface area contributed by atoms with Crippen molar-refractivity contribution in [2.75, 3.05) is 13.1 Å². The number of hydrogen-bond donors (Lipinski definition) is 2. The van der Waals surface area contributed by atoms with Crippen molar-refractivity contribution in [1.82, 2.24) is 20.4 Å². The molecule has 1 aromatic heterocycles. The van der Waals surface area contributed by atoms with Crippen molar-refractivity contribution in [3.8, 4) is 0 Å². The molecule has 1 aliphatic rings. The molecule has 6 heteroatoms. The van der Waals surface area contributed by atoms with Crippen LogP contribution in [0.5, 0.6) is 0 Å².